The molecule has 1 heterocycles. The maximum Gasteiger partial charge on any atom is 0.131 e. The van der Waals surface area contributed by atoms with Crippen LogP contribution in [0.3, 0.4) is 0 Å². The summed E-state index contributed by atoms with van der Waals surface area (Å²) in [4.78, 5) is 0. The van der Waals surface area contributed by atoms with Crippen molar-refractivity contribution in [1.29, 1.82) is 0 Å². The molecule has 17 heavy (non-hydrogen) atoms. The first-order valence-electron chi connectivity index (χ1n) is 6.22. The normalized spacial score (nSPS) is 12.6. The van der Waals surface area contributed by atoms with E-state index in [1.807, 2.05) is 38.1 Å². The van der Waals surface area contributed by atoms with Gasteiger partial charge in [0, 0.05) is 17.0 Å². The summed E-state index contributed by atoms with van der Waals surface area (Å²) in [7, 11) is 0. The van der Waals surface area contributed by atoms with Crippen molar-refractivity contribution in [2.24, 2.45) is 0 Å². The van der Waals surface area contributed by atoms with Gasteiger partial charge in [0.25, 0.3) is 0 Å². The third kappa shape index (κ3) is 2.05. The van der Waals surface area contributed by atoms with Gasteiger partial charge in [-0.05, 0) is 12.1 Å². The van der Waals surface area contributed by atoms with Crippen LogP contribution in [-0.2, 0) is 0 Å². The largest absolute Gasteiger partial charge is 0.457 e. The van der Waals surface area contributed by atoms with Crippen LogP contribution >= 0.6 is 0 Å². The fourth-order valence-electron chi connectivity index (χ4n) is 2.15. The molecule has 0 saturated heterocycles. The smallest absolute Gasteiger partial charge is 0.131 e. The maximum atomic E-state index is 5.85. The van der Waals surface area contributed by atoms with E-state index in [9.17, 15) is 0 Å². The Labute approximate surface area is 103 Å². The first-order chi connectivity index (χ1) is 8.36. The van der Waals surface area contributed by atoms with Crippen LogP contribution in [0.5, 0.6) is 11.5 Å². The number of ether oxygens (including phenoxy) is 1. The molecule has 3 rings (SSSR count). The predicted molar refractivity (Wildman–Crippen MR) is 71.8 cm³/mol. The van der Waals surface area contributed by atoms with Crippen LogP contribution < -0.4 is 4.74 Å². The lowest BCUT2D eigenvalue weighted by molar-refractivity contribution is 0.450. The number of para-hydroxylation sites is 2. The number of fused-ring (bicyclic) bond motifs is 2. The number of hydrogen-bond acceptors (Lipinski definition) is 1. The minimum Gasteiger partial charge on any atom is -0.457 e. The van der Waals surface area contributed by atoms with Gasteiger partial charge in [0.1, 0.15) is 11.5 Å². The molecule has 0 aromatic heterocycles. The van der Waals surface area contributed by atoms with E-state index >= 15 is 0 Å². The fraction of sp³-hybridized carbons (Fsp3) is 0.250. The molecule has 0 radical (unpaired) electrons. The molecule has 1 nitrogen and oxygen atoms in total. The average molecular weight is 226 g/mol. The summed E-state index contributed by atoms with van der Waals surface area (Å²) in [6, 6.07) is 16.5. The van der Waals surface area contributed by atoms with Crippen molar-refractivity contribution in [2.75, 3.05) is 0 Å². The second-order valence-electron chi connectivity index (χ2n) is 3.90. The molecule has 1 heteroatoms. The standard InChI is InChI=1S/C14H12O.C2H6/c1-10-11-6-2-4-8-13(11)15-14-9-5-3-7-12(10)14;1-2/h2-10H,1H3;1-2H3. The molecule has 0 atom stereocenters. The van der Waals surface area contributed by atoms with Crippen LogP contribution in [0, 0.1) is 0 Å². The molecular formula is C16H18O. The zero-order valence-electron chi connectivity index (χ0n) is 10.6. The molecule has 1 aliphatic heterocycles. The molecule has 0 N–H and O–H groups in total. The lowest BCUT2D eigenvalue weighted by Crippen LogP contribution is -2.06. The Hall–Kier alpha value is -1.76. The van der Waals surface area contributed by atoms with Gasteiger partial charge in [0.2, 0.25) is 0 Å². The third-order valence-corrected chi connectivity index (χ3v) is 2.99. The monoisotopic (exact) mass is 226 g/mol. The van der Waals surface area contributed by atoms with Crippen LogP contribution in [0.4, 0.5) is 0 Å². The number of hydrogen-bond donors (Lipinski definition) is 0. The number of rotatable bonds is 0. The van der Waals surface area contributed by atoms with E-state index in [4.69, 9.17) is 4.74 Å². The van der Waals surface area contributed by atoms with Gasteiger partial charge in [0.05, 0.1) is 0 Å². The summed E-state index contributed by atoms with van der Waals surface area (Å²) in [6.07, 6.45) is 0. The van der Waals surface area contributed by atoms with Gasteiger partial charge in [-0.2, -0.15) is 0 Å². The molecule has 0 unspecified atom stereocenters. The molecule has 0 bridgehead atoms. The SMILES string of the molecule is CC.CC1c2ccccc2Oc2ccccc21. The predicted octanol–water partition coefficient (Wildman–Crippen LogP) is 4.97. The minimum absolute atomic E-state index is 0.422. The number of benzene rings is 2. The molecule has 0 fully saturated rings. The zero-order chi connectivity index (χ0) is 12.3. The molecular weight excluding hydrogens is 208 g/mol. The van der Waals surface area contributed by atoms with E-state index in [0.717, 1.165) is 11.5 Å². The van der Waals surface area contributed by atoms with E-state index < -0.39 is 0 Å². The van der Waals surface area contributed by atoms with Crippen molar-refractivity contribution < 1.29 is 4.74 Å². The van der Waals surface area contributed by atoms with E-state index in [2.05, 4.69) is 31.2 Å². The Morgan fingerprint density at radius 2 is 1.18 bits per heavy atom. The Balaban J connectivity index is 0.000000514. The second kappa shape index (κ2) is 5.05. The van der Waals surface area contributed by atoms with Gasteiger partial charge in [-0.1, -0.05) is 57.2 Å². The van der Waals surface area contributed by atoms with E-state index in [0.29, 0.717) is 5.92 Å². The molecule has 2 aromatic rings. The summed E-state index contributed by atoms with van der Waals surface area (Å²) < 4.78 is 5.85. The molecule has 0 aliphatic carbocycles. The summed E-state index contributed by atoms with van der Waals surface area (Å²) >= 11 is 0. The first kappa shape index (κ1) is 11.7. The molecule has 0 saturated carbocycles. The maximum absolute atomic E-state index is 5.85. The van der Waals surface area contributed by atoms with E-state index in [1.54, 1.807) is 0 Å². The Morgan fingerprint density at radius 1 is 0.765 bits per heavy atom. The van der Waals surface area contributed by atoms with Crippen LogP contribution in [0.1, 0.15) is 37.8 Å². The van der Waals surface area contributed by atoms with Crippen LogP contribution in [0.15, 0.2) is 48.5 Å². The molecule has 0 spiro atoms. The van der Waals surface area contributed by atoms with Gasteiger partial charge in [0.15, 0.2) is 0 Å². The van der Waals surface area contributed by atoms with Crippen molar-refractivity contribution in [3.63, 3.8) is 0 Å². The van der Waals surface area contributed by atoms with Crippen LogP contribution in [0.25, 0.3) is 0 Å². The van der Waals surface area contributed by atoms with Gasteiger partial charge in [-0.3, -0.25) is 0 Å². The highest BCUT2D eigenvalue weighted by Gasteiger charge is 2.22. The van der Waals surface area contributed by atoms with E-state index in [1.165, 1.54) is 11.1 Å². The van der Waals surface area contributed by atoms with E-state index in [-0.39, 0.29) is 0 Å². The Morgan fingerprint density at radius 3 is 1.65 bits per heavy atom. The molecule has 2 aromatic carbocycles. The second-order valence-corrected chi connectivity index (χ2v) is 3.90. The summed E-state index contributed by atoms with van der Waals surface area (Å²) in [6.45, 7) is 6.22. The third-order valence-electron chi connectivity index (χ3n) is 2.99. The minimum atomic E-state index is 0.422. The van der Waals surface area contributed by atoms with Crippen molar-refractivity contribution >= 4 is 0 Å². The molecule has 0 amide bonds. The van der Waals surface area contributed by atoms with Crippen LogP contribution in [0.2, 0.25) is 0 Å². The average Bonchev–Trinajstić information content (AvgIpc) is 2.41. The highest BCUT2D eigenvalue weighted by atomic mass is 16.5. The molecule has 88 valence electrons. The lowest BCUT2D eigenvalue weighted by atomic mass is 9.90. The summed E-state index contributed by atoms with van der Waals surface area (Å²) in [5.74, 6) is 2.40. The lowest BCUT2D eigenvalue weighted by Gasteiger charge is -2.25. The summed E-state index contributed by atoms with van der Waals surface area (Å²) in [5.41, 5.74) is 2.55. The highest BCUT2D eigenvalue weighted by Crippen LogP contribution is 2.43. The fourth-order valence-corrected chi connectivity index (χ4v) is 2.15. The van der Waals surface area contributed by atoms with Crippen molar-refractivity contribution in [2.45, 2.75) is 26.7 Å². The first-order valence-corrected chi connectivity index (χ1v) is 6.22. The van der Waals surface area contributed by atoms with Crippen LogP contribution in [-0.4, -0.2) is 0 Å². The Bertz CT molecular complexity index is 457. The molecule has 1 aliphatic rings. The van der Waals surface area contributed by atoms with Crippen molar-refractivity contribution in [3.8, 4) is 11.5 Å². The van der Waals surface area contributed by atoms with Gasteiger partial charge in [-0.15, -0.1) is 0 Å². The van der Waals surface area contributed by atoms with Gasteiger partial charge >= 0.3 is 0 Å². The van der Waals surface area contributed by atoms with Gasteiger partial charge < -0.3 is 4.74 Å². The highest BCUT2D eigenvalue weighted by molar-refractivity contribution is 5.52. The quantitative estimate of drug-likeness (QED) is 0.616. The van der Waals surface area contributed by atoms with Crippen molar-refractivity contribution in [1.82, 2.24) is 0 Å². The topological polar surface area (TPSA) is 9.23 Å². The van der Waals surface area contributed by atoms with Gasteiger partial charge in [-0.25, -0.2) is 0 Å². The zero-order valence-corrected chi connectivity index (χ0v) is 10.6. The Kier molecular flexibility index (Phi) is 3.48. The van der Waals surface area contributed by atoms with Crippen molar-refractivity contribution in [3.05, 3.63) is 59.7 Å². The summed E-state index contributed by atoms with van der Waals surface area (Å²) in [5, 5.41) is 0.